The Bertz CT molecular complexity index is 563. The summed E-state index contributed by atoms with van der Waals surface area (Å²) in [5.74, 6) is 0. The summed E-state index contributed by atoms with van der Waals surface area (Å²) < 4.78 is 0. The second-order valence-electron chi connectivity index (χ2n) is 3.06. The smallest absolute Gasteiger partial charge is 0.189 e. The van der Waals surface area contributed by atoms with Crippen molar-refractivity contribution in [2.45, 2.75) is 6.42 Å². The number of nitrogens with zero attached hydrogens (tertiary/aromatic N) is 1. The second-order valence-corrected chi connectivity index (χ2v) is 3.06. The van der Waals surface area contributed by atoms with E-state index in [1.54, 1.807) is 12.3 Å². The van der Waals surface area contributed by atoms with Gasteiger partial charge in [0.15, 0.2) is 5.43 Å². The molecular weight excluding hydrogens is 176 g/mol. The molecular formula is C11H8N2O. The molecule has 3 heteroatoms. The highest BCUT2D eigenvalue weighted by Gasteiger charge is 1.98. The minimum Gasteiger partial charge on any atom is -0.361 e. The Hall–Kier alpha value is -2.08. The van der Waals surface area contributed by atoms with Crippen molar-refractivity contribution in [2.24, 2.45) is 0 Å². The number of nitriles is 1. The van der Waals surface area contributed by atoms with Crippen molar-refractivity contribution in [3.63, 3.8) is 0 Å². The fraction of sp³-hybridized carbons (Fsp3) is 0.0909. The van der Waals surface area contributed by atoms with Crippen LogP contribution in [0, 0.1) is 11.3 Å². The van der Waals surface area contributed by atoms with E-state index in [-0.39, 0.29) is 5.43 Å². The maximum atomic E-state index is 11.4. The second kappa shape index (κ2) is 3.35. The van der Waals surface area contributed by atoms with Gasteiger partial charge in [0, 0.05) is 23.2 Å². The zero-order valence-corrected chi connectivity index (χ0v) is 7.45. The molecule has 3 nitrogen and oxygen atoms in total. The van der Waals surface area contributed by atoms with E-state index >= 15 is 0 Å². The van der Waals surface area contributed by atoms with Crippen LogP contribution in [0.5, 0.6) is 0 Å². The molecule has 0 aliphatic carbocycles. The van der Waals surface area contributed by atoms with Crippen molar-refractivity contribution < 1.29 is 0 Å². The largest absolute Gasteiger partial charge is 0.361 e. The Morgan fingerprint density at radius 3 is 3.00 bits per heavy atom. The Morgan fingerprint density at radius 1 is 1.36 bits per heavy atom. The number of hydrogen-bond acceptors (Lipinski definition) is 2. The molecule has 1 N–H and O–H groups in total. The van der Waals surface area contributed by atoms with Crippen LogP contribution in [0.4, 0.5) is 0 Å². The molecule has 0 spiro atoms. The van der Waals surface area contributed by atoms with Crippen molar-refractivity contribution in [1.82, 2.24) is 4.98 Å². The zero-order chi connectivity index (χ0) is 9.97. The SMILES string of the molecule is N#CCc1ccc2[nH]ccc(=O)c2c1. The maximum absolute atomic E-state index is 11.4. The fourth-order valence-corrected chi connectivity index (χ4v) is 1.42. The number of rotatable bonds is 1. The van der Waals surface area contributed by atoms with Crippen LogP contribution in [0.1, 0.15) is 5.56 Å². The lowest BCUT2D eigenvalue weighted by Crippen LogP contribution is -2.00. The van der Waals surface area contributed by atoms with E-state index in [4.69, 9.17) is 5.26 Å². The number of pyridine rings is 1. The molecule has 0 aliphatic rings. The number of hydrogen-bond donors (Lipinski definition) is 1. The van der Waals surface area contributed by atoms with E-state index in [0.717, 1.165) is 11.1 Å². The third-order valence-electron chi connectivity index (χ3n) is 2.11. The van der Waals surface area contributed by atoms with E-state index in [1.807, 2.05) is 12.1 Å². The number of benzene rings is 1. The molecule has 1 aromatic heterocycles. The van der Waals surface area contributed by atoms with Crippen molar-refractivity contribution >= 4 is 10.9 Å². The van der Waals surface area contributed by atoms with Crippen LogP contribution in [0.3, 0.4) is 0 Å². The number of H-pyrrole nitrogens is 1. The molecule has 1 heterocycles. The minimum absolute atomic E-state index is 0.0152. The highest BCUT2D eigenvalue weighted by Crippen LogP contribution is 2.09. The number of aromatic nitrogens is 1. The van der Waals surface area contributed by atoms with Crippen molar-refractivity contribution in [2.75, 3.05) is 0 Å². The van der Waals surface area contributed by atoms with E-state index < -0.39 is 0 Å². The van der Waals surface area contributed by atoms with Gasteiger partial charge in [0.1, 0.15) is 0 Å². The first-order chi connectivity index (χ1) is 6.81. The molecule has 0 amide bonds. The highest BCUT2D eigenvalue weighted by atomic mass is 16.1. The predicted molar refractivity (Wildman–Crippen MR) is 53.9 cm³/mol. The lowest BCUT2D eigenvalue weighted by atomic mass is 10.1. The van der Waals surface area contributed by atoms with Gasteiger partial charge >= 0.3 is 0 Å². The third-order valence-corrected chi connectivity index (χ3v) is 2.11. The third kappa shape index (κ3) is 1.38. The summed E-state index contributed by atoms with van der Waals surface area (Å²) in [6.45, 7) is 0. The Labute approximate surface area is 80.6 Å². The summed E-state index contributed by atoms with van der Waals surface area (Å²) in [4.78, 5) is 14.4. The fourth-order valence-electron chi connectivity index (χ4n) is 1.42. The molecule has 0 bridgehead atoms. The standard InChI is InChI=1S/C11H8N2O/c12-5-3-8-1-2-10-9(7-8)11(14)4-6-13-10/h1-2,4,6-7H,3H2,(H,13,14). The van der Waals surface area contributed by atoms with Crippen molar-refractivity contribution in [3.8, 4) is 6.07 Å². The molecule has 0 atom stereocenters. The van der Waals surface area contributed by atoms with Gasteiger partial charge in [-0.2, -0.15) is 5.26 Å². The predicted octanol–water partition coefficient (Wildman–Crippen LogP) is 1.59. The first-order valence-electron chi connectivity index (χ1n) is 4.28. The molecule has 0 aliphatic heterocycles. The Morgan fingerprint density at radius 2 is 2.21 bits per heavy atom. The van der Waals surface area contributed by atoms with Crippen LogP contribution < -0.4 is 5.43 Å². The van der Waals surface area contributed by atoms with Crippen LogP contribution in [-0.4, -0.2) is 4.98 Å². The van der Waals surface area contributed by atoms with Gasteiger partial charge in [-0.15, -0.1) is 0 Å². The van der Waals surface area contributed by atoms with E-state index in [2.05, 4.69) is 11.1 Å². The van der Waals surface area contributed by atoms with E-state index in [1.165, 1.54) is 6.07 Å². The lowest BCUT2D eigenvalue weighted by molar-refractivity contribution is 1.26. The summed E-state index contributed by atoms with van der Waals surface area (Å²) >= 11 is 0. The first-order valence-corrected chi connectivity index (χ1v) is 4.28. The lowest BCUT2D eigenvalue weighted by Gasteiger charge is -1.98. The molecule has 0 fully saturated rings. The topological polar surface area (TPSA) is 56.6 Å². The molecule has 0 saturated heterocycles. The van der Waals surface area contributed by atoms with E-state index in [9.17, 15) is 4.79 Å². The number of fused-ring (bicyclic) bond motifs is 1. The van der Waals surface area contributed by atoms with Gasteiger partial charge < -0.3 is 4.98 Å². The minimum atomic E-state index is -0.0152. The molecule has 2 rings (SSSR count). The van der Waals surface area contributed by atoms with Crippen LogP contribution in [0.25, 0.3) is 10.9 Å². The summed E-state index contributed by atoms with van der Waals surface area (Å²) in [5, 5.41) is 9.16. The monoisotopic (exact) mass is 184 g/mol. The average Bonchev–Trinajstić information content (AvgIpc) is 2.20. The molecule has 2 aromatic rings. The molecule has 68 valence electrons. The van der Waals surface area contributed by atoms with Crippen molar-refractivity contribution in [1.29, 1.82) is 5.26 Å². The van der Waals surface area contributed by atoms with Crippen LogP contribution in [0.2, 0.25) is 0 Å². The molecule has 0 unspecified atom stereocenters. The number of nitrogens with one attached hydrogen (secondary N) is 1. The van der Waals surface area contributed by atoms with Gasteiger partial charge in [0.05, 0.1) is 12.5 Å². The highest BCUT2D eigenvalue weighted by molar-refractivity contribution is 5.78. The van der Waals surface area contributed by atoms with E-state index in [0.29, 0.717) is 11.8 Å². The Balaban J connectivity index is 2.71. The zero-order valence-electron chi connectivity index (χ0n) is 7.45. The quantitative estimate of drug-likeness (QED) is 0.731. The average molecular weight is 184 g/mol. The van der Waals surface area contributed by atoms with Gasteiger partial charge in [-0.3, -0.25) is 4.79 Å². The molecule has 0 saturated carbocycles. The van der Waals surface area contributed by atoms with Crippen LogP contribution in [-0.2, 0) is 6.42 Å². The van der Waals surface area contributed by atoms with Gasteiger partial charge in [0.25, 0.3) is 0 Å². The van der Waals surface area contributed by atoms with Crippen LogP contribution >= 0.6 is 0 Å². The Kier molecular flexibility index (Phi) is 2.04. The van der Waals surface area contributed by atoms with Crippen LogP contribution in [0.15, 0.2) is 35.3 Å². The summed E-state index contributed by atoms with van der Waals surface area (Å²) in [6.07, 6.45) is 1.96. The maximum Gasteiger partial charge on any atom is 0.189 e. The van der Waals surface area contributed by atoms with Gasteiger partial charge in [-0.25, -0.2) is 0 Å². The summed E-state index contributed by atoms with van der Waals surface area (Å²) in [7, 11) is 0. The summed E-state index contributed by atoms with van der Waals surface area (Å²) in [6, 6.07) is 8.97. The summed E-state index contributed by atoms with van der Waals surface area (Å²) in [5.41, 5.74) is 1.66. The van der Waals surface area contributed by atoms with Gasteiger partial charge in [-0.1, -0.05) is 6.07 Å². The first kappa shape index (κ1) is 8.52. The number of aromatic amines is 1. The van der Waals surface area contributed by atoms with Crippen molar-refractivity contribution in [3.05, 3.63) is 46.2 Å². The van der Waals surface area contributed by atoms with Gasteiger partial charge in [-0.05, 0) is 17.7 Å². The van der Waals surface area contributed by atoms with Gasteiger partial charge in [0.2, 0.25) is 0 Å². The molecule has 1 aromatic carbocycles. The molecule has 0 radical (unpaired) electrons. The normalized spacial score (nSPS) is 9.93. The molecule has 14 heavy (non-hydrogen) atoms.